The third kappa shape index (κ3) is 8.83. The Morgan fingerprint density at radius 3 is 2.38 bits per heavy atom. The van der Waals surface area contributed by atoms with Crippen LogP contribution in [0, 0.1) is 17.2 Å². The fraction of sp³-hybridized carbons (Fsp3) is 0.414. The van der Waals surface area contributed by atoms with Crippen LogP contribution >= 0.6 is 12.6 Å². The summed E-state index contributed by atoms with van der Waals surface area (Å²) in [5.41, 5.74) is 8.12. The number of aliphatic carboxylic acids is 1. The van der Waals surface area contributed by atoms with E-state index in [9.17, 15) is 24.3 Å². The lowest BCUT2D eigenvalue weighted by molar-refractivity contribution is -0.142. The first-order chi connectivity index (χ1) is 19.2. The molecule has 4 unspecified atom stereocenters. The second-order valence-electron chi connectivity index (χ2n) is 9.88. The molecule has 3 rings (SSSR count). The van der Waals surface area contributed by atoms with Crippen LogP contribution in [-0.4, -0.2) is 64.1 Å². The van der Waals surface area contributed by atoms with E-state index in [-0.39, 0.29) is 42.7 Å². The molecule has 0 radical (unpaired) electrons. The minimum absolute atomic E-state index is 0.0299. The zero-order valence-corrected chi connectivity index (χ0v) is 23.1. The Balaban J connectivity index is 1.49. The SMILES string of the molecule is N#CC1CCCN1C(=O)C(N)CCC(=O)Nc1ccc(CC(NC(=O)C(CS)Cc2ccccc2)C(=O)O)cc1. The van der Waals surface area contributed by atoms with E-state index in [1.165, 1.54) is 4.90 Å². The lowest BCUT2D eigenvalue weighted by Gasteiger charge is -2.23. The number of carboxylic acids is 1. The number of nitrogens with two attached hydrogens (primary N) is 1. The molecule has 1 aliphatic rings. The van der Waals surface area contributed by atoms with Gasteiger partial charge in [0.1, 0.15) is 12.1 Å². The Morgan fingerprint density at radius 2 is 1.75 bits per heavy atom. The van der Waals surface area contributed by atoms with Gasteiger partial charge in [-0.3, -0.25) is 14.4 Å². The lowest BCUT2D eigenvalue weighted by atomic mass is 9.99. The zero-order valence-electron chi connectivity index (χ0n) is 22.2. The maximum Gasteiger partial charge on any atom is 0.326 e. The standard InChI is InChI=1S/C29H35N5O5S/c30-17-23-7-4-14-34(23)28(37)24(31)12-13-26(35)32-22-10-8-20(9-11-22)16-25(29(38)39)33-27(36)21(18-40)15-19-5-2-1-3-6-19/h1-3,5-6,8-11,21,23-25,40H,4,7,12-16,18,31H2,(H,32,35)(H,33,36)(H,38,39). The van der Waals surface area contributed by atoms with Gasteiger partial charge in [-0.15, -0.1) is 0 Å². The van der Waals surface area contributed by atoms with Crippen molar-refractivity contribution in [3.05, 3.63) is 65.7 Å². The molecule has 40 heavy (non-hydrogen) atoms. The van der Waals surface area contributed by atoms with Gasteiger partial charge < -0.3 is 26.4 Å². The molecule has 5 N–H and O–H groups in total. The van der Waals surface area contributed by atoms with Crippen LogP contribution in [0.2, 0.25) is 0 Å². The normalized spacial score (nSPS) is 16.8. The average Bonchev–Trinajstić information content (AvgIpc) is 3.44. The van der Waals surface area contributed by atoms with Crippen molar-refractivity contribution >= 4 is 42.0 Å². The predicted octanol–water partition coefficient (Wildman–Crippen LogP) is 2.15. The molecule has 1 fully saturated rings. The molecule has 0 saturated carbocycles. The highest BCUT2D eigenvalue weighted by Crippen LogP contribution is 2.19. The van der Waals surface area contributed by atoms with E-state index in [2.05, 4.69) is 29.3 Å². The Morgan fingerprint density at radius 1 is 1.07 bits per heavy atom. The number of nitrogens with one attached hydrogen (secondary N) is 2. The molecule has 2 aromatic carbocycles. The molecular formula is C29H35N5O5S. The molecule has 3 amide bonds. The molecule has 1 saturated heterocycles. The molecule has 0 spiro atoms. The van der Waals surface area contributed by atoms with Gasteiger partial charge in [-0.1, -0.05) is 42.5 Å². The van der Waals surface area contributed by atoms with Crippen molar-refractivity contribution in [3.63, 3.8) is 0 Å². The van der Waals surface area contributed by atoms with Gasteiger partial charge >= 0.3 is 5.97 Å². The van der Waals surface area contributed by atoms with E-state index >= 15 is 0 Å². The summed E-state index contributed by atoms with van der Waals surface area (Å²) in [5, 5.41) is 24.2. The Labute approximate surface area is 239 Å². The van der Waals surface area contributed by atoms with Crippen molar-refractivity contribution in [1.82, 2.24) is 10.2 Å². The number of carbonyl (C=O) groups excluding carboxylic acids is 3. The lowest BCUT2D eigenvalue weighted by Crippen LogP contribution is -2.45. The largest absolute Gasteiger partial charge is 0.480 e. The number of likely N-dealkylation sites (tertiary alicyclic amines) is 1. The third-order valence-corrected chi connectivity index (χ3v) is 7.33. The predicted molar refractivity (Wildman–Crippen MR) is 153 cm³/mol. The molecule has 0 bridgehead atoms. The van der Waals surface area contributed by atoms with E-state index in [0.717, 1.165) is 12.0 Å². The number of hydrogen-bond donors (Lipinski definition) is 5. The number of nitriles is 1. The van der Waals surface area contributed by atoms with E-state index in [0.29, 0.717) is 30.6 Å². The number of anilines is 1. The van der Waals surface area contributed by atoms with Crippen LogP contribution in [0.25, 0.3) is 0 Å². The maximum absolute atomic E-state index is 12.8. The van der Waals surface area contributed by atoms with Crippen molar-refractivity contribution in [3.8, 4) is 6.07 Å². The topological polar surface area (TPSA) is 166 Å². The number of benzene rings is 2. The van der Waals surface area contributed by atoms with Gasteiger partial charge in [-0.2, -0.15) is 17.9 Å². The first-order valence-corrected chi connectivity index (χ1v) is 13.9. The smallest absolute Gasteiger partial charge is 0.326 e. The Kier molecular flexibility index (Phi) is 11.5. The molecule has 1 heterocycles. The molecule has 0 aromatic heterocycles. The van der Waals surface area contributed by atoms with E-state index in [4.69, 9.17) is 11.0 Å². The van der Waals surface area contributed by atoms with Gasteiger partial charge in [-0.05, 0) is 48.9 Å². The highest BCUT2D eigenvalue weighted by molar-refractivity contribution is 7.80. The number of carbonyl (C=O) groups is 4. The quantitative estimate of drug-likeness (QED) is 0.232. The van der Waals surface area contributed by atoms with Crippen LogP contribution in [-0.2, 0) is 32.0 Å². The Bertz CT molecular complexity index is 1220. The van der Waals surface area contributed by atoms with Crippen LogP contribution < -0.4 is 16.4 Å². The van der Waals surface area contributed by atoms with Crippen molar-refractivity contribution in [1.29, 1.82) is 5.26 Å². The number of thiol groups is 1. The minimum Gasteiger partial charge on any atom is -0.480 e. The molecule has 212 valence electrons. The van der Waals surface area contributed by atoms with E-state index in [1.54, 1.807) is 24.3 Å². The van der Waals surface area contributed by atoms with Crippen LogP contribution in [0.15, 0.2) is 54.6 Å². The zero-order chi connectivity index (χ0) is 29.1. The molecule has 10 nitrogen and oxygen atoms in total. The van der Waals surface area contributed by atoms with Crippen LogP contribution in [0.1, 0.15) is 36.8 Å². The van der Waals surface area contributed by atoms with Crippen molar-refractivity contribution < 1.29 is 24.3 Å². The van der Waals surface area contributed by atoms with Crippen LogP contribution in [0.4, 0.5) is 5.69 Å². The first kappa shape index (κ1) is 30.7. The molecule has 1 aliphatic heterocycles. The minimum atomic E-state index is -1.15. The number of carboxylic acid groups (broad SMARTS) is 1. The monoisotopic (exact) mass is 565 g/mol. The second kappa shape index (κ2) is 15.1. The summed E-state index contributed by atoms with van der Waals surface area (Å²) in [6, 6.07) is 15.8. The van der Waals surface area contributed by atoms with Gasteiger partial charge in [0.25, 0.3) is 0 Å². The number of amides is 3. The van der Waals surface area contributed by atoms with Gasteiger partial charge in [0, 0.05) is 30.8 Å². The summed E-state index contributed by atoms with van der Waals surface area (Å²) in [6.07, 6.45) is 2.09. The summed E-state index contributed by atoms with van der Waals surface area (Å²) in [7, 11) is 0. The van der Waals surface area contributed by atoms with E-state index < -0.39 is 30.0 Å². The number of nitrogens with zero attached hydrogens (tertiary/aromatic N) is 2. The fourth-order valence-electron chi connectivity index (χ4n) is 4.60. The number of rotatable bonds is 13. The van der Waals surface area contributed by atoms with Gasteiger partial charge in [0.2, 0.25) is 17.7 Å². The summed E-state index contributed by atoms with van der Waals surface area (Å²) in [5.74, 6) is -2.36. The summed E-state index contributed by atoms with van der Waals surface area (Å²) < 4.78 is 0. The highest BCUT2D eigenvalue weighted by Gasteiger charge is 2.31. The average molecular weight is 566 g/mol. The van der Waals surface area contributed by atoms with Crippen molar-refractivity contribution in [2.75, 3.05) is 17.6 Å². The molecule has 4 atom stereocenters. The molecule has 2 aromatic rings. The second-order valence-corrected chi connectivity index (χ2v) is 10.2. The molecular weight excluding hydrogens is 530 g/mol. The molecule has 11 heteroatoms. The number of hydrogen-bond acceptors (Lipinski definition) is 7. The van der Waals surface area contributed by atoms with Gasteiger partial charge in [0.05, 0.1) is 18.0 Å². The van der Waals surface area contributed by atoms with Crippen molar-refractivity contribution in [2.24, 2.45) is 11.7 Å². The van der Waals surface area contributed by atoms with Crippen LogP contribution in [0.3, 0.4) is 0 Å². The van der Waals surface area contributed by atoms with Crippen molar-refractivity contribution in [2.45, 2.75) is 56.7 Å². The van der Waals surface area contributed by atoms with Gasteiger partial charge in [0.15, 0.2) is 0 Å². The Hall–Kier alpha value is -3.88. The highest BCUT2D eigenvalue weighted by atomic mass is 32.1. The summed E-state index contributed by atoms with van der Waals surface area (Å²) in [6.45, 7) is 0.499. The summed E-state index contributed by atoms with van der Waals surface area (Å²) >= 11 is 4.28. The maximum atomic E-state index is 12.8. The fourth-order valence-corrected chi connectivity index (χ4v) is 4.89. The van der Waals surface area contributed by atoms with Gasteiger partial charge in [-0.25, -0.2) is 4.79 Å². The van der Waals surface area contributed by atoms with Crippen LogP contribution in [0.5, 0.6) is 0 Å². The molecule has 0 aliphatic carbocycles. The first-order valence-electron chi connectivity index (χ1n) is 13.2. The third-order valence-electron chi connectivity index (χ3n) is 6.89. The van der Waals surface area contributed by atoms with E-state index in [1.807, 2.05) is 30.3 Å². The summed E-state index contributed by atoms with van der Waals surface area (Å²) in [4.78, 5) is 51.1.